The van der Waals surface area contributed by atoms with Gasteiger partial charge in [0.1, 0.15) is 5.82 Å². The summed E-state index contributed by atoms with van der Waals surface area (Å²) in [5, 5.41) is 3.44. The van der Waals surface area contributed by atoms with Crippen LogP contribution in [0.15, 0.2) is 18.2 Å². The Bertz CT molecular complexity index is 386. The lowest BCUT2D eigenvalue weighted by atomic mass is 9.83. The minimum absolute atomic E-state index is 0.242. The number of nitrogens with two attached hydrogens (primary N) is 1. The molecule has 1 aromatic rings. The summed E-state index contributed by atoms with van der Waals surface area (Å²) >= 11 is 0. The van der Waals surface area contributed by atoms with Crippen molar-refractivity contribution in [1.29, 1.82) is 0 Å². The molecule has 100 valence electrons. The number of nitrogens with one attached hydrogen (secondary N) is 1. The van der Waals surface area contributed by atoms with Gasteiger partial charge in [-0.25, -0.2) is 4.39 Å². The van der Waals surface area contributed by atoms with Crippen LogP contribution in [0.4, 0.5) is 15.8 Å². The van der Waals surface area contributed by atoms with Crippen molar-refractivity contribution in [3.8, 4) is 0 Å². The second-order valence-electron chi connectivity index (χ2n) is 5.26. The van der Waals surface area contributed by atoms with Crippen molar-refractivity contribution in [2.24, 2.45) is 5.92 Å². The summed E-state index contributed by atoms with van der Waals surface area (Å²) in [6.45, 7) is 2.18. The average Bonchev–Trinajstić information content (AvgIpc) is 2.41. The van der Waals surface area contributed by atoms with Gasteiger partial charge < -0.3 is 11.1 Å². The van der Waals surface area contributed by atoms with Gasteiger partial charge in [0.2, 0.25) is 0 Å². The Morgan fingerprint density at radius 1 is 1.33 bits per heavy atom. The highest BCUT2D eigenvalue weighted by Gasteiger charge is 2.22. The molecule has 0 radical (unpaired) electrons. The number of hydrogen-bond donors (Lipinski definition) is 2. The van der Waals surface area contributed by atoms with Crippen molar-refractivity contribution < 1.29 is 4.39 Å². The van der Waals surface area contributed by atoms with Crippen molar-refractivity contribution in [2.45, 2.75) is 51.5 Å². The fourth-order valence-corrected chi connectivity index (χ4v) is 2.95. The van der Waals surface area contributed by atoms with E-state index >= 15 is 0 Å². The smallest absolute Gasteiger partial charge is 0.148 e. The van der Waals surface area contributed by atoms with E-state index in [1.807, 2.05) is 6.07 Å². The van der Waals surface area contributed by atoms with Crippen LogP contribution in [0.2, 0.25) is 0 Å². The molecule has 0 aromatic heterocycles. The molecule has 1 aromatic carbocycles. The minimum atomic E-state index is -0.335. The van der Waals surface area contributed by atoms with Gasteiger partial charge in [-0.05, 0) is 37.3 Å². The third kappa shape index (κ3) is 2.95. The zero-order valence-corrected chi connectivity index (χ0v) is 11.1. The summed E-state index contributed by atoms with van der Waals surface area (Å²) in [5.74, 6) is 0.366. The maximum Gasteiger partial charge on any atom is 0.148 e. The van der Waals surface area contributed by atoms with E-state index in [0.717, 1.165) is 12.1 Å². The third-order valence-corrected chi connectivity index (χ3v) is 4.05. The van der Waals surface area contributed by atoms with Gasteiger partial charge in [-0.1, -0.05) is 32.3 Å². The monoisotopic (exact) mass is 250 g/mol. The Labute approximate surface area is 109 Å². The van der Waals surface area contributed by atoms with Crippen molar-refractivity contribution in [3.05, 3.63) is 24.0 Å². The van der Waals surface area contributed by atoms with Gasteiger partial charge in [0.15, 0.2) is 0 Å². The highest BCUT2D eigenvalue weighted by atomic mass is 19.1. The van der Waals surface area contributed by atoms with Gasteiger partial charge in [-0.3, -0.25) is 0 Å². The van der Waals surface area contributed by atoms with Crippen molar-refractivity contribution in [2.75, 3.05) is 11.1 Å². The normalized spacial score (nSPS) is 18.6. The fourth-order valence-electron chi connectivity index (χ4n) is 2.95. The number of para-hydroxylation sites is 1. The number of anilines is 2. The summed E-state index contributed by atoms with van der Waals surface area (Å²) in [6.07, 6.45) is 7.61. The molecule has 0 spiro atoms. The maximum absolute atomic E-state index is 13.4. The molecule has 2 rings (SSSR count). The molecule has 1 unspecified atom stereocenters. The van der Waals surface area contributed by atoms with E-state index in [0.29, 0.717) is 12.0 Å². The van der Waals surface area contributed by atoms with Crippen LogP contribution in [0.1, 0.15) is 45.4 Å². The van der Waals surface area contributed by atoms with Crippen LogP contribution in [-0.2, 0) is 0 Å². The van der Waals surface area contributed by atoms with Crippen LogP contribution in [-0.4, -0.2) is 6.04 Å². The van der Waals surface area contributed by atoms with E-state index in [1.165, 1.54) is 38.2 Å². The number of halogens is 1. The Balaban J connectivity index is 2.07. The van der Waals surface area contributed by atoms with Crippen molar-refractivity contribution >= 4 is 11.4 Å². The van der Waals surface area contributed by atoms with Gasteiger partial charge in [0.05, 0.1) is 11.4 Å². The molecule has 1 aliphatic rings. The van der Waals surface area contributed by atoms with E-state index in [-0.39, 0.29) is 11.5 Å². The number of nitrogen functional groups attached to an aromatic ring is 1. The SMILES string of the molecule is CCC(Nc1cccc(F)c1N)C1CCCCC1. The molecule has 18 heavy (non-hydrogen) atoms. The molecule has 0 bridgehead atoms. The molecule has 1 atom stereocenters. The minimum Gasteiger partial charge on any atom is -0.395 e. The van der Waals surface area contributed by atoms with E-state index in [2.05, 4.69) is 12.2 Å². The lowest BCUT2D eigenvalue weighted by Crippen LogP contribution is -2.30. The van der Waals surface area contributed by atoms with E-state index < -0.39 is 0 Å². The van der Waals surface area contributed by atoms with Crippen molar-refractivity contribution in [3.63, 3.8) is 0 Å². The Morgan fingerprint density at radius 2 is 2.06 bits per heavy atom. The first-order chi connectivity index (χ1) is 8.72. The summed E-state index contributed by atoms with van der Waals surface area (Å²) in [6, 6.07) is 5.39. The first kappa shape index (κ1) is 13.2. The fraction of sp³-hybridized carbons (Fsp3) is 0.600. The van der Waals surface area contributed by atoms with Gasteiger partial charge in [-0.15, -0.1) is 0 Å². The highest BCUT2D eigenvalue weighted by Crippen LogP contribution is 2.31. The summed E-state index contributed by atoms with van der Waals surface area (Å²) in [5.41, 5.74) is 6.76. The topological polar surface area (TPSA) is 38.0 Å². The van der Waals surface area contributed by atoms with Gasteiger partial charge in [-0.2, -0.15) is 0 Å². The molecule has 0 heterocycles. The Hall–Kier alpha value is -1.25. The Kier molecular flexibility index (Phi) is 4.45. The second kappa shape index (κ2) is 6.07. The van der Waals surface area contributed by atoms with E-state index in [9.17, 15) is 4.39 Å². The van der Waals surface area contributed by atoms with Crippen LogP contribution in [0.3, 0.4) is 0 Å². The Morgan fingerprint density at radius 3 is 2.72 bits per heavy atom. The largest absolute Gasteiger partial charge is 0.395 e. The summed E-state index contributed by atoms with van der Waals surface area (Å²) in [4.78, 5) is 0. The van der Waals surface area contributed by atoms with Gasteiger partial charge >= 0.3 is 0 Å². The van der Waals surface area contributed by atoms with Gasteiger partial charge in [0, 0.05) is 6.04 Å². The highest BCUT2D eigenvalue weighted by molar-refractivity contribution is 5.66. The number of rotatable bonds is 4. The zero-order valence-electron chi connectivity index (χ0n) is 11.1. The predicted molar refractivity (Wildman–Crippen MR) is 75.1 cm³/mol. The molecule has 0 saturated heterocycles. The van der Waals surface area contributed by atoms with Gasteiger partial charge in [0.25, 0.3) is 0 Å². The molecule has 0 amide bonds. The first-order valence-electron chi connectivity index (χ1n) is 7.03. The van der Waals surface area contributed by atoms with Crippen molar-refractivity contribution in [1.82, 2.24) is 0 Å². The molecule has 1 saturated carbocycles. The first-order valence-corrected chi connectivity index (χ1v) is 7.03. The maximum atomic E-state index is 13.4. The van der Waals surface area contributed by atoms with Crippen LogP contribution in [0, 0.1) is 11.7 Å². The number of hydrogen-bond acceptors (Lipinski definition) is 2. The quantitative estimate of drug-likeness (QED) is 0.787. The van der Waals surface area contributed by atoms with E-state index in [4.69, 9.17) is 5.73 Å². The third-order valence-electron chi connectivity index (χ3n) is 4.05. The standard InChI is InChI=1S/C15H23FN2/c1-2-13(11-7-4-3-5-8-11)18-14-10-6-9-12(16)15(14)17/h6,9-11,13,18H,2-5,7-8,17H2,1H3. The predicted octanol–water partition coefficient (Wildman–Crippen LogP) is 4.18. The average molecular weight is 250 g/mol. The molecule has 0 aliphatic heterocycles. The van der Waals surface area contributed by atoms with Crippen LogP contribution < -0.4 is 11.1 Å². The molecular weight excluding hydrogens is 227 g/mol. The van der Waals surface area contributed by atoms with Crippen LogP contribution in [0.25, 0.3) is 0 Å². The number of benzene rings is 1. The molecular formula is C15H23FN2. The lowest BCUT2D eigenvalue weighted by Gasteiger charge is -2.31. The zero-order chi connectivity index (χ0) is 13.0. The summed E-state index contributed by atoms with van der Waals surface area (Å²) < 4.78 is 13.4. The molecule has 2 nitrogen and oxygen atoms in total. The molecule has 3 heteroatoms. The molecule has 3 N–H and O–H groups in total. The van der Waals surface area contributed by atoms with Crippen LogP contribution in [0.5, 0.6) is 0 Å². The van der Waals surface area contributed by atoms with Crippen LogP contribution >= 0.6 is 0 Å². The second-order valence-corrected chi connectivity index (χ2v) is 5.26. The molecule has 1 fully saturated rings. The summed E-state index contributed by atoms with van der Waals surface area (Å²) in [7, 11) is 0. The lowest BCUT2D eigenvalue weighted by molar-refractivity contribution is 0.313. The molecule has 1 aliphatic carbocycles. The van der Waals surface area contributed by atoms with E-state index in [1.54, 1.807) is 6.07 Å².